The summed E-state index contributed by atoms with van der Waals surface area (Å²) in [5, 5.41) is 21.6. The fraction of sp³-hybridized carbons (Fsp3) is 0.857. The molecule has 5 heteroatoms. The molecule has 0 unspecified atom stereocenters. The number of rotatable bonds is 2. The van der Waals surface area contributed by atoms with Crippen molar-refractivity contribution >= 4 is 0 Å². The Bertz CT molecular complexity index is 469. The van der Waals surface area contributed by atoms with Gasteiger partial charge in [0, 0.05) is 6.42 Å². The molecular weight excluding hydrogens is 238 g/mol. The summed E-state index contributed by atoms with van der Waals surface area (Å²) in [6.45, 7) is 6.88. The molecule has 0 amide bonds. The second-order valence-corrected chi connectivity index (χ2v) is 6.90. The third kappa shape index (κ3) is 3.12. The van der Waals surface area contributed by atoms with Gasteiger partial charge < -0.3 is 0 Å². The Labute approximate surface area is 115 Å². The predicted octanol–water partition coefficient (Wildman–Crippen LogP) is 2.50. The van der Waals surface area contributed by atoms with Crippen LogP contribution in [-0.2, 0) is 13.5 Å². The van der Waals surface area contributed by atoms with E-state index in [2.05, 4.69) is 42.3 Å². The smallest absolute Gasteiger partial charge is 0.176 e. The van der Waals surface area contributed by atoms with Crippen molar-refractivity contribution in [2.24, 2.45) is 23.8 Å². The molecule has 0 aliphatic heterocycles. The van der Waals surface area contributed by atoms with Crippen molar-refractivity contribution in [2.45, 2.75) is 52.9 Å². The van der Waals surface area contributed by atoms with E-state index in [9.17, 15) is 5.26 Å². The van der Waals surface area contributed by atoms with Gasteiger partial charge in [0.05, 0.1) is 18.5 Å². The van der Waals surface area contributed by atoms with Crippen molar-refractivity contribution in [1.82, 2.24) is 20.2 Å². The van der Waals surface area contributed by atoms with Crippen LogP contribution in [0.15, 0.2) is 0 Å². The van der Waals surface area contributed by atoms with E-state index in [4.69, 9.17) is 0 Å². The van der Waals surface area contributed by atoms with Crippen LogP contribution in [0.5, 0.6) is 0 Å². The van der Waals surface area contributed by atoms with Gasteiger partial charge in [-0.25, -0.2) is 0 Å². The molecular formula is C14H23N5. The topological polar surface area (TPSA) is 67.4 Å². The van der Waals surface area contributed by atoms with Crippen LogP contribution in [0.1, 0.15) is 52.3 Å². The van der Waals surface area contributed by atoms with E-state index in [1.54, 1.807) is 7.05 Å². The molecule has 1 aromatic rings. The van der Waals surface area contributed by atoms with Gasteiger partial charge in [-0.2, -0.15) is 10.1 Å². The number of hydrogen-bond acceptors (Lipinski definition) is 4. The predicted molar refractivity (Wildman–Crippen MR) is 72.0 cm³/mol. The van der Waals surface area contributed by atoms with Crippen LogP contribution in [0.25, 0.3) is 0 Å². The van der Waals surface area contributed by atoms with Crippen molar-refractivity contribution in [1.29, 1.82) is 5.26 Å². The van der Waals surface area contributed by atoms with Crippen LogP contribution in [0.3, 0.4) is 0 Å². The average Bonchev–Trinajstić information content (AvgIpc) is 2.74. The molecule has 1 aliphatic carbocycles. The first-order valence-corrected chi connectivity index (χ1v) is 6.99. The number of nitrogens with zero attached hydrogens (tertiary/aromatic N) is 5. The highest BCUT2D eigenvalue weighted by Crippen LogP contribution is 2.46. The molecule has 19 heavy (non-hydrogen) atoms. The zero-order valence-corrected chi connectivity index (χ0v) is 12.3. The molecule has 2 rings (SSSR count). The lowest BCUT2D eigenvalue weighted by Crippen LogP contribution is -2.33. The fourth-order valence-electron chi connectivity index (χ4n) is 3.06. The molecule has 1 aromatic heterocycles. The minimum Gasteiger partial charge on any atom is -0.198 e. The zero-order chi connectivity index (χ0) is 14.1. The van der Waals surface area contributed by atoms with Gasteiger partial charge in [0.1, 0.15) is 0 Å². The molecule has 0 spiro atoms. The molecule has 0 atom stereocenters. The number of aryl methyl sites for hydroxylation is 1. The van der Waals surface area contributed by atoms with E-state index < -0.39 is 0 Å². The van der Waals surface area contributed by atoms with Crippen molar-refractivity contribution in [2.75, 3.05) is 0 Å². The molecule has 1 aliphatic rings. The standard InChI is InChI=1S/C14H23N5/c1-13(2,3)11-5-7-14(10-15,8-6-11)9-12-16-18-19(4)17-12/h11H,5-9H2,1-4H3. The highest BCUT2D eigenvalue weighted by Gasteiger charge is 2.39. The third-order valence-corrected chi connectivity index (χ3v) is 4.45. The summed E-state index contributed by atoms with van der Waals surface area (Å²) >= 11 is 0. The third-order valence-electron chi connectivity index (χ3n) is 4.45. The lowest BCUT2D eigenvalue weighted by Gasteiger charge is -2.40. The maximum Gasteiger partial charge on any atom is 0.176 e. The van der Waals surface area contributed by atoms with Crippen LogP contribution < -0.4 is 0 Å². The van der Waals surface area contributed by atoms with E-state index in [0.29, 0.717) is 23.6 Å². The Morgan fingerprint density at radius 3 is 2.42 bits per heavy atom. The summed E-state index contributed by atoms with van der Waals surface area (Å²) in [6, 6.07) is 2.53. The maximum absolute atomic E-state index is 9.57. The highest BCUT2D eigenvalue weighted by molar-refractivity contribution is 5.07. The first-order valence-electron chi connectivity index (χ1n) is 6.99. The van der Waals surface area contributed by atoms with E-state index in [1.807, 2.05) is 0 Å². The van der Waals surface area contributed by atoms with Gasteiger partial charge in [0.2, 0.25) is 0 Å². The summed E-state index contributed by atoms with van der Waals surface area (Å²) in [5.41, 5.74) is 0.0528. The summed E-state index contributed by atoms with van der Waals surface area (Å²) in [5.74, 6) is 1.40. The van der Waals surface area contributed by atoms with Gasteiger partial charge in [0.25, 0.3) is 0 Å². The summed E-state index contributed by atoms with van der Waals surface area (Å²) < 4.78 is 0. The van der Waals surface area contributed by atoms with E-state index in [1.165, 1.54) is 4.80 Å². The molecule has 1 saturated carbocycles. The van der Waals surface area contributed by atoms with Gasteiger partial charge in [-0.15, -0.1) is 10.2 Å². The van der Waals surface area contributed by atoms with E-state index in [0.717, 1.165) is 25.7 Å². The summed E-state index contributed by atoms with van der Waals surface area (Å²) in [6.07, 6.45) is 4.77. The maximum atomic E-state index is 9.57. The minimum absolute atomic E-state index is 0.287. The van der Waals surface area contributed by atoms with E-state index in [-0.39, 0.29) is 5.41 Å². The van der Waals surface area contributed by atoms with Crippen LogP contribution >= 0.6 is 0 Å². The molecule has 1 heterocycles. The fourth-order valence-corrected chi connectivity index (χ4v) is 3.06. The van der Waals surface area contributed by atoms with Gasteiger partial charge in [0.15, 0.2) is 5.82 Å². The van der Waals surface area contributed by atoms with Crippen molar-refractivity contribution in [3.8, 4) is 6.07 Å². The zero-order valence-electron chi connectivity index (χ0n) is 12.3. The molecule has 0 radical (unpaired) electrons. The van der Waals surface area contributed by atoms with Crippen LogP contribution in [0, 0.1) is 28.1 Å². The van der Waals surface area contributed by atoms with Crippen molar-refractivity contribution in [3.05, 3.63) is 5.82 Å². The molecule has 5 nitrogen and oxygen atoms in total. The lowest BCUT2D eigenvalue weighted by molar-refractivity contribution is 0.119. The molecule has 0 N–H and O–H groups in total. The first kappa shape index (κ1) is 14.0. The monoisotopic (exact) mass is 261 g/mol. The van der Waals surface area contributed by atoms with Gasteiger partial charge in [-0.05, 0) is 42.2 Å². The van der Waals surface area contributed by atoms with Crippen molar-refractivity contribution < 1.29 is 0 Å². The van der Waals surface area contributed by atoms with Crippen LogP contribution in [-0.4, -0.2) is 20.2 Å². The Hall–Kier alpha value is -1.44. The Balaban J connectivity index is 2.04. The van der Waals surface area contributed by atoms with E-state index >= 15 is 0 Å². The second kappa shape index (κ2) is 4.92. The largest absolute Gasteiger partial charge is 0.198 e. The number of nitriles is 1. The highest BCUT2D eigenvalue weighted by atomic mass is 15.6. The first-order chi connectivity index (χ1) is 8.85. The van der Waals surface area contributed by atoms with Crippen LogP contribution in [0.4, 0.5) is 0 Å². The molecule has 0 aromatic carbocycles. The average molecular weight is 261 g/mol. The second-order valence-electron chi connectivity index (χ2n) is 6.90. The number of hydrogen-bond donors (Lipinski definition) is 0. The number of tetrazole rings is 1. The SMILES string of the molecule is Cn1nnc(CC2(C#N)CCC(C(C)(C)C)CC2)n1. The summed E-state index contributed by atoms with van der Waals surface area (Å²) in [4.78, 5) is 1.46. The minimum atomic E-state index is -0.287. The van der Waals surface area contributed by atoms with Gasteiger partial charge in [-0.1, -0.05) is 20.8 Å². The normalized spacial score (nSPS) is 28.1. The quantitative estimate of drug-likeness (QED) is 0.820. The van der Waals surface area contributed by atoms with Gasteiger partial charge in [-0.3, -0.25) is 0 Å². The Morgan fingerprint density at radius 2 is 2.00 bits per heavy atom. The molecule has 1 fully saturated rings. The lowest BCUT2D eigenvalue weighted by atomic mass is 9.63. The molecule has 0 bridgehead atoms. The number of aromatic nitrogens is 4. The Kier molecular flexibility index (Phi) is 3.62. The van der Waals surface area contributed by atoms with Gasteiger partial charge >= 0.3 is 0 Å². The molecule has 104 valence electrons. The molecule has 0 saturated heterocycles. The summed E-state index contributed by atoms with van der Waals surface area (Å²) in [7, 11) is 1.76. The Morgan fingerprint density at radius 1 is 1.37 bits per heavy atom. The van der Waals surface area contributed by atoms with Crippen LogP contribution in [0.2, 0.25) is 0 Å². The van der Waals surface area contributed by atoms with Crippen molar-refractivity contribution in [3.63, 3.8) is 0 Å².